The number of hydrogen-bond donors (Lipinski definition) is 1. The second-order valence-corrected chi connectivity index (χ2v) is 5.41. The average Bonchev–Trinajstić information content (AvgIpc) is 2.87. The van der Waals surface area contributed by atoms with Gasteiger partial charge in [0.05, 0.1) is 0 Å². The second kappa shape index (κ2) is 6.20. The third-order valence-electron chi connectivity index (χ3n) is 4.27. The molecule has 19 heavy (non-hydrogen) atoms. The molecule has 3 heteroatoms. The van der Waals surface area contributed by atoms with Gasteiger partial charge in [0.15, 0.2) is 0 Å². The predicted octanol–water partition coefficient (Wildman–Crippen LogP) is 2.58. The van der Waals surface area contributed by atoms with E-state index in [2.05, 4.69) is 42.3 Å². The first kappa shape index (κ1) is 14.1. The molecule has 0 radical (unpaired) electrons. The van der Waals surface area contributed by atoms with Crippen molar-refractivity contribution in [2.24, 2.45) is 0 Å². The van der Waals surface area contributed by atoms with E-state index in [1.165, 1.54) is 29.5 Å². The van der Waals surface area contributed by atoms with E-state index in [4.69, 9.17) is 0 Å². The lowest BCUT2D eigenvalue weighted by molar-refractivity contribution is -0.121. The highest BCUT2D eigenvalue weighted by molar-refractivity contribution is 5.75. The molecule has 2 rings (SSSR count). The summed E-state index contributed by atoms with van der Waals surface area (Å²) in [5, 5.41) is 2.70. The second-order valence-electron chi connectivity index (χ2n) is 5.41. The molecule has 1 aromatic rings. The predicted molar refractivity (Wildman–Crippen MR) is 78.1 cm³/mol. The Balaban J connectivity index is 2.10. The molecule has 0 unspecified atom stereocenters. The number of likely N-dealkylation sites (tertiary alicyclic amines) is 1. The van der Waals surface area contributed by atoms with Crippen LogP contribution in [0.4, 0.5) is 0 Å². The number of nitrogens with one attached hydrogen (secondary N) is 1. The van der Waals surface area contributed by atoms with Crippen molar-refractivity contribution in [2.45, 2.75) is 39.2 Å². The van der Waals surface area contributed by atoms with Crippen molar-refractivity contribution in [2.75, 3.05) is 20.1 Å². The molecule has 0 bridgehead atoms. The van der Waals surface area contributed by atoms with Crippen molar-refractivity contribution in [1.82, 2.24) is 10.2 Å². The van der Waals surface area contributed by atoms with E-state index in [1.54, 1.807) is 7.05 Å². The molecule has 1 saturated heterocycles. The van der Waals surface area contributed by atoms with E-state index in [-0.39, 0.29) is 5.91 Å². The van der Waals surface area contributed by atoms with Crippen LogP contribution in [-0.2, 0) is 4.79 Å². The minimum Gasteiger partial charge on any atom is -0.359 e. The van der Waals surface area contributed by atoms with Crippen molar-refractivity contribution in [3.8, 4) is 0 Å². The maximum atomic E-state index is 11.4. The van der Waals surface area contributed by atoms with Crippen molar-refractivity contribution >= 4 is 5.91 Å². The lowest BCUT2D eigenvalue weighted by Gasteiger charge is -2.26. The third kappa shape index (κ3) is 3.16. The van der Waals surface area contributed by atoms with Gasteiger partial charge >= 0.3 is 0 Å². The molecule has 0 saturated carbocycles. The maximum Gasteiger partial charge on any atom is 0.221 e. The lowest BCUT2D eigenvalue weighted by Crippen LogP contribution is -2.29. The van der Waals surface area contributed by atoms with E-state index in [0.29, 0.717) is 12.5 Å². The number of aryl methyl sites for hydroxylation is 1. The highest BCUT2D eigenvalue weighted by Crippen LogP contribution is 2.34. The number of nitrogens with zero attached hydrogens (tertiary/aromatic N) is 1. The van der Waals surface area contributed by atoms with Crippen molar-refractivity contribution in [3.63, 3.8) is 0 Å². The summed E-state index contributed by atoms with van der Waals surface area (Å²) in [6.07, 6.45) is 3.03. The first-order valence-corrected chi connectivity index (χ1v) is 7.14. The minimum absolute atomic E-state index is 0.131. The number of carbonyl (C=O) groups is 1. The molecular weight excluding hydrogens is 236 g/mol. The Bertz CT molecular complexity index is 456. The molecule has 1 N–H and O–H groups in total. The molecule has 3 nitrogen and oxygen atoms in total. The fourth-order valence-electron chi connectivity index (χ4n) is 2.95. The zero-order valence-electron chi connectivity index (χ0n) is 12.2. The number of hydrogen-bond acceptors (Lipinski definition) is 2. The summed E-state index contributed by atoms with van der Waals surface area (Å²) < 4.78 is 0. The Morgan fingerprint density at radius 1 is 1.42 bits per heavy atom. The van der Waals surface area contributed by atoms with E-state index < -0.39 is 0 Å². The molecular formula is C16H24N2O. The van der Waals surface area contributed by atoms with Crippen LogP contribution in [0.15, 0.2) is 18.2 Å². The Morgan fingerprint density at radius 3 is 2.95 bits per heavy atom. The van der Waals surface area contributed by atoms with Gasteiger partial charge in [0, 0.05) is 26.1 Å². The van der Waals surface area contributed by atoms with Crippen molar-refractivity contribution < 1.29 is 4.79 Å². The van der Waals surface area contributed by atoms with Gasteiger partial charge in [0.25, 0.3) is 0 Å². The van der Waals surface area contributed by atoms with Crippen molar-refractivity contribution in [3.05, 3.63) is 34.9 Å². The van der Waals surface area contributed by atoms with Gasteiger partial charge in [-0.15, -0.1) is 0 Å². The van der Waals surface area contributed by atoms with Gasteiger partial charge in [-0.05, 0) is 49.9 Å². The van der Waals surface area contributed by atoms with E-state index >= 15 is 0 Å². The Hall–Kier alpha value is -1.35. The largest absolute Gasteiger partial charge is 0.359 e. The van der Waals surface area contributed by atoms with Crippen LogP contribution in [0.1, 0.15) is 42.0 Å². The molecule has 1 aromatic carbocycles. The molecule has 1 aliphatic rings. The monoisotopic (exact) mass is 260 g/mol. The van der Waals surface area contributed by atoms with E-state index in [1.807, 2.05) is 0 Å². The summed E-state index contributed by atoms with van der Waals surface area (Å²) in [6, 6.07) is 7.05. The minimum atomic E-state index is 0.131. The first-order valence-electron chi connectivity index (χ1n) is 7.14. The van der Waals surface area contributed by atoms with Crippen LogP contribution in [0.5, 0.6) is 0 Å². The Kier molecular flexibility index (Phi) is 4.59. The van der Waals surface area contributed by atoms with Crippen LogP contribution in [-0.4, -0.2) is 30.9 Å². The molecule has 1 amide bonds. The molecule has 0 spiro atoms. The summed E-state index contributed by atoms with van der Waals surface area (Å²) in [5.74, 6) is 0.131. The molecule has 104 valence electrons. The van der Waals surface area contributed by atoms with E-state index in [9.17, 15) is 4.79 Å². The lowest BCUT2D eigenvalue weighted by atomic mass is 9.96. The SMILES string of the molecule is CNC(=O)CCN1CCC[C@@H]1c1cccc(C)c1C. The topological polar surface area (TPSA) is 32.3 Å². The summed E-state index contributed by atoms with van der Waals surface area (Å²) in [7, 11) is 1.70. The highest BCUT2D eigenvalue weighted by atomic mass is 16.1. The van der Waals surface area contributed by atoms with Crippen LogP contribution in [0.2, 0.25) is 0 Å². The molecule has 0 aliphatic carbocycles. The van der Waals surface area contributed by atoms with E-state index in [0.717, 1.165) is 13.1 Å². The van der Waals surface area contributed by atoms with Crippen LogP contribution in [0, 0.1) is 13.8 Å². The summed E-state index contributed by atoms with van der Waals surface area (Å²) in [5.41, 5.74) is 4.20. The van der Waals surface area contributed by atoms with Gasteiger partial charge in [-0.3, -0.25) is 9.69 Å². The van der Waals surface area contributed by atoms with Gasteiger partial charge in [0.2, 0.25) is 5.91 Å². The smallest absolute Gasteiger partial charge is 0.221 e. The number of benzene rings is 1. The number of amides is 1. The highest BCUT2D eigenvalue weighted by Gasteiger charge is 2.27. The van der Waals surface area contributed by atoms with Crippen molar-refractivity contribution in [1.29, 1.82) is 0 Å². The standard InChI is InChI=1S/C16H24N2O/c1-12-6-4-7-14(13(12)2)15-8-5-10-18(15)11-9-16(19)17-3/h4,6-7,15H,5,8-11H2,1-3H3,(H,17,19)/t15-/m1/s1. The summed E-state index contributed by atoms with van der Waals surface area (Å²) in [6.45, 7) is 6.34. The molecule has 0 aromatic heterocycles. The van der Waals surface area contributed by atoms with Gasteiger partial charge in [0.1, 0.15) is 0 Å². The average molecular weight is 260 g/mol. The van der Waals surface area contributed by atoms with Gasteiger partial charge in [-0.25, -0.2) is 0 Å². The fraction of sp³-hybridized carbons (Fsp3) is 0.562. The van der Waals surface area contributed by atoms with Crippen LogP contribution < -0.4 is 5.32 Å². The molecule has 1 atom stereocenters. The Morgan fingerprint density at radius 2 is 2.21 bits per heavy atom. The molecule has 1 fully saturated rings. The van der Waals surface area contributed by atoms with Crippen LogP contribution >= 0.6 is 0 Å². The number of carbonyl (C=O) groups excluding carboxylic acids is 1. The van der Waals surface area contributed by atoms with Crippen LogP contribution in [0.3, 0.4) is 0 Å². The number of rotatable bonds is 4. The molecule has 1 aliphatic heterocycles. The van der Waals surface area contributed by atoms with Gasteiger partial charge in [-0.1, -0.05) is 18.2 Å². The third-order valence-corrected chi connectivity index (χ3v) is 4.27. The van der Waals surface area contributed by atoms with Gasteiger partial charge < -0.3 is 5.32 Å². The zero-order valence-corrected chi connectivity index (χ0v) is 12.2. The summed E-state index contributed by atoms with van der Waals surface area (Å²) >= 11 is 0. The summed E-state index contributed by atoms with van der Waals surface area (Å²) in [4.78, 5) is 13.9. The normalized spacial score (nSPS) is 19.6. The first-order chi connectivity index (χ1) is 9.13. The fourth-order valence-corrected chi connectivity index (χ4v) is 2.95. The maximum absolute atomic E-state index is 11.4. The van der Waals surface area contributed by atoms with Gasteiger partial charge in [-0.2, -0.15) is 0 Å². The van der Waals surface area contributed by atoms with Crippen LogP contribution in [0.25, 0.3) is 0 Å². The Labute approximate surface area is 116 Å². The molecule has 1 heterocycles. The quantitative estimate of drug-likeness (QED) is 0.902. The zero-order chi connectivity index (χ0) is 13.8.